The first-order valence-corrected chi connectivity index (χ1v) is 8.96. The Labute approximate surface area is 145 Å². The number of carbonyl (C=O) groups excluding carboxylic acids is 1. The molecule has 3 heterocycles. The molecular formula is C17H26N4O4. The zero-order valence-electron chi connectivity index (χ0n) is 14.6. The van der Waals surface area contributed by atoms with Crippen LogP contribution in [0.4, 0.5) is 0 Å². The van der Waals surface area contributed by atoms with Gasteiger partial charge in [-0.1, -0.05) is 0 Å². The maximum absolute atomic E-state index is 12.5. The van der Waals surface area contributed by atoms with E-state index < -0.39 is 11.2 Å². The number of amides is 1. The van der Waals surface area contributed by atoms with Gasteiger partial charge in [-0.15, -0.1) is 0 Å². The highest BCUT2D eigenvalue weighted by Crippen LogP contribution is 2.21. The second kappa shape index (κ2) is 7.53. The number of aromatic nitrogens is 2. The van der Waals surface area contributed by atoms with Crippen LogP contribution < -0.4 is 11.2 Å². The van der Waals surface area contributed by atoms with Crippen molar-refractivity contribution in [2.45, 2.75) is 51.2 Å². The average molecular weight is 350 g/mol. The molecule has 25 heavy (non-hydrogen) atoms. The molecule has 2 aliphatic heterocycles. The normalized spacial score (nSPS) is 20.8. The van der Waals surface area contributed by atoms with Gasteiger partial charge in [0.1, 0.15) is 0 Å². The summed E-state index contributed by atoms with van der Waals surface area (Å²) in [6.07, 6.45) is 3.34. The lowest BCUT2D eigenvalue weighted by Gasteiger charge is -2.41. The van der Waals surface area contributed by atoms with Gasteiger partial charge in [0, 0.05) is 43.5 Å². The van der Waals surface area contributed by atoms with Crippen molar-refractivity contribution in [1.82, 2.24) is 19.8 Å². The standard InChI is InChI=1S/C17H26N4O4/c1-11-14(16(24)19-17(25)18-11)10-15(23)21-6-2-12(3-7-21)20-8-4-13(22)5-9-20/h12-13,22H,2-10H2,1H3,(H2,18,19,24,25). The van der Waals surface area contributed by atoms with Crippen LogP contribution in [-0.2, 0) is 11.2 Å². The number of rotatable bonds is 3. The molecule has 0 radical (unpaired) electrons. The number of carbonyl (C=O) groups is 1. The third-order valence-corrected chi connectivity index (χ3v) is 5.42. The number of hydrogen-bond acceptors (Lipinski definition) is 5. The number of aromatic amines is 2. The molecular weight excluding hydrogens is 324 g/mol. The van der Waals surface area contributed by atoms with Crippen LogP contribution in [0.2, 0.25) is 0 Å². The van der Waals surface area contributed by atoms with Crippen LogP contribution in [0.25, 0.3) is 0 Å². The number of aryl methyl sites for hydroxylation is 1. The lowest BCUT2D eigenvalue weighted by Crippen LogP contribution is -2.50. The minimum atomic E-state index is -0.550. The molecule has 0 aromatic carbocycles. The smallest absolute Gasteiger partial charge is 0.325 e. The van der Waals surface area contributed by atoms with Crippen molar-refractivity contribution in [2.75, 3.05) is 26.2 Å². The highest BCUT2D eigenvalue weighted by molar-refractivity contribution is 5.79. The highest BCUT2D eigenvalue weighted by Gasteiger charge is 2.29. The summed E-state index contributed by atoms with van der Waals surface area (Å²) in [5, 5.41) is 9.61. The fraction of sp³-hybridized carbons (Fsp3) is 0.706. The maximum atomic E-state index is 12.5. The van der Waals surface area contributed by atoms with Crippen molar-refractivity contribution >= 4 is 5.91 Å². The second-order valence-corrected chi connectivity index (χ2v) is 7.07. The van der Waals surface area contributed by atoms with Crippen LogP contribution in [0.1, 0.15) is 36.9 Å². The molecule has 2 fully saturated rings. The van der Waals surface area contributed by atoms with Crippen LogP contribution in [0, 0.1) is 6.92 Å². The molecule has 0 saturated carbocycles. The number of piperidine rings is 2. The highest BCUT2D eigenvalue weighted by atomic mass is 16.3. The van der Waals surface area contributed by atoms with Crippen LogP contribution in [0.3, 0.4) is 0 Å². The zero-order chi connectivity index (χ0) is 18.0. The van der Waals surface area contributed by atoms with Gasteiger partial charge in [0.2, 0.25) is 5.91 Å². The first-order valence-electron chi connectivity index (χ1n) is 8.96. The molecule has 3 rings (SSSR count). The van der Waals surface area contributed by atoms with Gasteiger partial charge in [0.05, 0.1) is 12.5 Å². The Hall–Kier alpha value is -1.93. The summed E-state index contributed by atoms with van der Waals surface area (Å²) in [6, 6.07) is 0.467. The summed E-state index contributed by atoms with van der Waals surface area (Å²) >= 11 is 0. The number of hydrogen-bond donors (Lipinski definition) is 3. The molecule has 1 aromatic heterocycles. The first-order chi connectivity index (χ1) is 11.9. The van der Waals surface area contributed by atoms with Crippen LogP contribution in [-0.4, -0.2) is 69.1 Å². The van der Waals surface area contributed by atoms with Crippen LogP contribution in [0.15, 0.2) is 9.59 Å². The van der Waals surface area contributed by atoms with E-state index >= 15 is 0 Å². The molecule has 8 nitrogen and oxygen atoms in total. The Kier molecular flexibility index (Phi) is 5.39. The van der Waals surface area contributed by atoms with E-state index in [1.807, 2.05) is 0 Å². The fourth-order valence-electron chi connectivity index (χ4n) is 3.83. The summed E-state index contributed by atoms with van der Waals surface area (Å²) in [5.74, 6) is -0.0758. The largest absolute Gasteiger partial charge is 0.393 e. The van der Waals surface area contributed by atoms with Gasteiger partial charge in [0.15, 0.2) is 0 Å². The lowest BCUT2D eigenvalue weighted by atomic mass is 9.98. The molecule has 2 saturated heterocycles. The topological polar surface area (TPSA) is 109 Å². The minimum Gasteiger partial charge on any atom is -0.393 e. The third-order valence-electron chi connectivity index (χ3n) is 5.42. The Balaban J connectivity index is 1.55. The molecule has 0 atom stereocenters. The van der Waals surface area contributed by atoms with Crippen LogP contribution in [0.5, 0.6) is 0 Å². The Bertz CT molecular complexity index is 725. The third kappa shape index (κ3) is 4.19. The van der Waals surface area contributed by atoms with E-state index in [0.29, 0.717) is 30.4 Å². The molecule has 138 valence electrons. The Morgan fingerprint density at radius 1 is 1.08 bits per heavy atom. The maximum Gasteiger partial charge on any atom is 0.325 e. The van der Waals surface area contributed by atoms with Crippen molar-refractivity contribution in [3.63, 3.8) is 0 Å². The number of aliphatic hydroxyl groups excluding tert-OH is 1. The first kappa shape index (κ1) is 17.9. The number of nitrogens with zero attached hydrogens (tertiary/aromatic N) is 2. The number of likely N-dealkylation sites (tertiary alicyclic amines) is 2. The molecule has 0 unspecified atom stereocenters. The Morgan fingerprint density at radius 3 is 2.32 bits per heavy atom. The average Bonchev–Trinajstić information content (AvgIpc) is 2.59. The second-order valence-electron chi connectivity index (χ2n) is 7.07. The summed E-state index contributed by atoms with van der Waals surface area (Å²) in [6.45, 7) is 4.85. The fourth-order valence-corrected chi connectivity index (χ4v) is 3.83. The minimum absolute atomic E-state index is 0.0124. The number of nitrogens with one attached hydrogen (secondary N) is 2. The molecule has 0 aliphatic carbocycles. The number of H-pyrrole nitrogens is 2. The summed E-state index contributed by atoms with van der Waals surface area (Å²) < 4.78 is 0. The van der Waals surface area contributed by atoms with E-state index in [-0.39, 0.29) is 18.4 Å². The van der Waals surface area contributed by atoms with Gasteiger partial charge < -0.3 is 19.9 Å². The predicted molar refractivity (Wildman–Crippen MR) is 92.5 cm³/mol. The molecule has 1 amide bonds. The van der Waals surface area contributed by atoms with Gasteiger partial charge in [0.25, 0.3) is 5.56 Å². The molecule has 0 bridgehead atoms. The molecule has 8 heteroatoms. The zero-order valence-corrected chi connectivity index (χ0v) is 14.6. The monoisotopic (exact) mass is 350 g/mol. The van der Waals surface area contributed by atoms with Gasteiger partial charge in [-0.2, -0.15) is 0 Å². The van der Waals surface area contributed by atoms with E-state index in [0.717, 1.165) is 38.8 Å². The van der Waals surface area contributed by atoms with Crippen molar-refractivity contribution in [1.29, 1.82) is 0 Å². The van der Waals surface area contributed by atoms with Gasteiger partial charge in [-0.25, -0.2) is 4.79 Å². The SMILES string of the molecule is Cc1[nH]c(=O)[nH]c(=O)c1CC(=O)N1CCC(N2CCC(O)CC2)CC1. The summed E-state index contributed by atoms with van der Waals surface area (Å²) in [7, 11) is 0. The predicted octanol–water partition coefficient (Wildman–Crippen LogP) is -0.638. The van der Waals surface area contributed by atoms with E-state index in [4.69, 9.17) is 0 Å². The lowest BCUT2D eigenvalue weighted by molar-refractivity contribution is -0.132. The van der Waals surface area contributed by atoms with Gasteiger partial charge in [-0.05, 0) is 32.6 Å². The molecule has 1 aromatic rings. The van der Waals surface area contributed by atoms with E-state index in [2.05, 4.69) is 14.9 Å². The van der Waals surface area contributed by atoms with E-state index in [1.54, 1.807) is 11.8 Å². The summed E-state index contributed by atoms with van der Waals surface area (Å²) in [4.78, 5) is 44.6. The summed E-state index contributed by atoms with van der Waals surface area (Å²) in [5.41, 5.74) is -0.261. The molecule has 3 N–H and O–H groups in total. The quantitative estimate of drug-likeness (QED) is 0.672. The van der Waals surface area contributed by atoms with Gasteiger partial charge in [-0.3, -0.25) is 14.6 Å². The van der Waals surface area contributed by atoms with E-state index in [1.165, 1.54) is 0 Å². The number of aliphatic hydroxyl groups is 1. The van der Waals surface area contributed by atoms with Crippen molar-refractivity contribution < 1.29 is 9.90 Å². The van der Waals surface area contributed by atoms with Gasteiger partial charge >= 0.3 is 5.69 Å². The molecule has 2 aliphatic rings. The van der Waals surface area contributed by atoms with Crippen molar-refractivity contribution in [3.05, 3.63) is 32.1 Å². The van der Waals surface area contributed by atoms with E-state index in [9.17, 15) is 19.5 Å². The Morgan fingerprint density at radius 2 is 1.72 bits per heavy atom. The van der Waals surface area contributed by atoms with Crippen molar-refractivity contribution in [3.8, 4) is 0 Å². The van der Waals surface area contributed by atoms with Crippen LogP contribution >= 0.6 is 0 Å². The van der Waals surface area contributed by atoms with Crippen molar-refractivity contribution in [2.24, 2.45) is 0 Å². The molecule has 0 spiro atoms.